The molecule has 28 heavy (non-hydrogen) atoms. The van der Waals surface area contributed by atoms with Gasteiger partial charge in [0.25, 0.3) is 0 Å². The number of nitrogens with one attached hydrogen (secondary N) is 2. The van der Waals surface area contributed by atoms with E-state index in [2.05, 4.69) is 17.6 Å². The first-order valence-electron chi connectivity index (χ1n) is 10.5. The third kappa shape index (κ3) is 4.17. The van der Waals surface area contributed by atoms with Crippen LogP contribution >= 0.6 is 0 Å². The van der Waals surface area contributed by atoms with Crippen LogP contribution in [-0.4, -0.2) is 48.2 Å². The molecule has 0 unspecified atom stereocenters. The summed E-state index contributed by atoms with van der Waals surface area (Å²) in [4.78, 5) is 26.9. The number of hydrogen-bond donors (Lipinski definition) is 2. The Morgan fingerprint density at radius 3 is 2.79 bits per heavy atom. The van der Waals surface area contributed by atoms with Gasteiger partial charge in [0.15, 0.2) is 0 Å². The van der Waals surface area contributed by atoms with Crippen molar-refractivity contribution >= 4 is 17.6 Å². The summed E-state index contributed by atoms with van der Waals surface area (Å²) in [5.74, 6) is 0.912. The minimum Gasteiger partial charge on any atom is -0.362 e. The Labute approximate surface area is 167 Å². The van der Waals surface area contributed by atoms with E-state index in [1.54, 1.807) is 0 Å². The second-order valence-electron chi connectivity index (χ2n) is 8.80. The van der Waals surface area contributed by atoms with Gasteiger partial charge in [-0.3, -0.25) is 4.79 Å². The molecular weight excluding hydrogens is 354 g/mol. The summed E-state index contributed by atoms with van der Waals surface area (Å²) in [6, 6.07) is 7.77. The van der Waals surface area contributed by atoms with Crippen LogP contribution in [0.3, 0.4) is 0 Å². The third-order valence-electron chi connectivity index (χ3n) is 6.51. The number of amides is 3. The molecule has 3 atom stereocenters. The summed E-state index contributed by atoms with van der Waals surface area (Å²) < 4.78 is 6.31. The average Bonchev–Trinajstić information content (AvgIpc) is 3.40. The van der Waals surface area contributed by atoms with Crippen LogP contribution < -0.4 is 10.6 Å². The molecule has 2 heterocycles. The van der Waals surface area contributed by atoms with Gasteiger partial charge in [-0.1, -0.05) is 19.1 Å². The van der Waals surface area contributed by atoms with Gasteiger partial charge in [0.1, 0.15) is 6.10 Å². The Bertz CT molecular complexity index is 748. The van der Waals surface area contributed by atoms with Gasteiger partial charge in [-0.25, -0.2) is 4.79 Å². The fourth-order valence-electron chi connectivity index (χ4n) is 4.46. The molecular formula is C22H31N3O3. The van der Waals surface area contributed by atoms with Crippen LogP contribution in [0.5, 0.6) is 0 Å². The van der Waals surface area contributed by atoms with Crippen LogP contribution in [0.25, 0.3) is 0 Å². The summed E-state index contributed by atoms with van der Waals surface area (Å²) in [7, 11) is 0. The van der Waals surface area contributed by atoms with Crippen molar-refractivity contribution in [2.45, 2.75) is 57.7 Å². The normalized spacial score (nSPS) is 29.7. The maximum absolute atomic E-state index is 12.7. The standard InChI is InChI=1S/C22H31N3O3/c1-15-4-3-5-18(12-15)24-21(27)25-11-10-22(16(2)14-25)9-8-19(28-22)20(26)23-13-17-6-7-17/h3-5,12,16-17,19H,6-11,13-14H2,1-2H3,(H,23,26)(H,24,27)/t16-,19+,22-/m1/s1. The van der Waals surface area contributed by atoms with Gasteiger partial charge in [0.05, 0.1) is 5.60 Å². The number of carbonyl (C=O) groups is 2. The van der Waals surface area contributed by atoms with Crippen LogP contribution in [0.1, 0.15) is 44.6 Å². The van der Waals surface area contributed by atoms with E-state index in [9.17, 15) is 9.59 Å². The molecule has 0 radical (unpaired) electrons. The number of aryl methyl sites for hydroxylation is 1. The highest BCUT2D eigenvalue weighted by atomic mass is 16.5. The lowest BCUT2D eigenvalue weighted by Crippen LogP contribution is -2.54. The van der Waals surface area contributed by atoms with E-state index in [0.717, 1.165) is 37.1 Å². The number of likely N-dealkylation sites (tertiary alicyclic amines) is 1. The van der Waals surface area contributed by atoms with Crippen LogP contribution in [0.4, 0.5) is 10.5 Å². The fraction of sp³-hybridized carbons (Fsp3) is 0.636. The van der Waals surface area contributed by atoms with E-state index in [0.29, 0.717) is 19.0 Å². The lowest BCUT2D eigenvalue weighted by molar-refractivity contribution is -0.146. The summed E-state index contributed by atoms with van der Waals surface area (Å²) in [5.41, 5.74) is 1.67. The number of hydrogen-bond acceptors (Lipinski definition) is 3. The summed E-state index contributed by atoms with van der Waals surface area (Å²) in [6.07, 6.45) is 4.57. The first-order valence-corrected chi connectivity index (χ1v) is 10.5. The molecule has 3 fully saturated rings. The van der Waals surface area contributed by atoms with Crippen molar-refractivity contribution in [2.24, 2.45) is 11.8 Å². The number of anilines is 1. The maximum Gasteiger partial charge on any atom is 0.321 e. The van der Waals surface area contributed by atoms with Gasteiger partial charge in [0.2, 0.25) is 5.91 Å². The van der Waals surface area contributed by atoms with Gasteiger partial charge < -0.3 is 20.3 Å². The quantitative estimate of drug-likeness (QED) is 0.835. The molecule has 0 aromatic heterocycles. The summed E-state index contributed by atoms with van der Waals surface area (Å²) in [6.45, 7) is 6.23. The zero-order valence-corrected chi connectivity index (χ0v) is 16.9. The number of rotatable bonds is 4. The molecule has 1 aromatic carbocycles. The maximum atomic E-state index is 12.7. The smallest absolute Gasteiger partial charge is 0.321 e. The van der Waals surface area contributed by atoms with E-state index in [1.807, 2.05) is 36.1 Å². The lowest BCUT2D eigenvalue weighted by atomic mass is 9.80. The largest absolute Gasteiger partial charge is 0.362 e. The second-order valence-corrected chi connectivity index (χ2v) is 8.80. The molecule has 6 heteroatoms. The molecule has 4 rings (SSSR count). The number of ether oxygens (including phenoxy) is 1. The molecule has 6 nitrogen and oxygen atoms in total. The molecule has 1 saturated carbocycles. The second kappa shape index (κ2) is 7.74. The molecule has 1 spiro atoms. The minimum atomic E-state index is -0.339. The lowest BCUT2D eigenvalue weighted by Gasteiger charge is -2.44. The van der Waals surface area contributed by atoms with E-state index in [-0.39, 0.29) is 29.6 Å². The Morgan fingerprint density at radius 2 is 2.07 bits per heavy atom. The molecule has 2 saturated heterocycles. The Hall–Kier alpha value is -2.08. The number of benzene rings is 1. The van der Waals surface area contributed by atoms with Gasteiger partial charge >= 0.3 is 6.03 Å². The minimum absolute atomic E-state index is 0.0376. The Morgan fingerprint density at radius 1 is 1.25 bits per heavy atom. The summed E-state index contributed by atoms with van der Waals surface area (Å²) >= 11 is 0. The summed E-state index contributed by atoms with van der Waals surface area (Å²) in [5, 5.41) is 6.04. The van der Waals surface area contributed by atoms with Crippen molar-refractivity contribution in [3.63, 3.8) is 0 Å². The van der Waals surface area contributed by atoms with Gasteiger partial charge in [-0.05, 0) is 62.6 Å². The van der Waals surface area contributed by atoms with E-state index >= 15 is 0 Å². The molecule has 1 aliphatic carbocycles. The average molecular weight is 386 g/mol. The third-order valence-corrected chi connectivity index (χ3v) is 6.51. The fourth-order valence-corrected chi connectivity index (χ4v) is 4.46. The monoisotopic (exact) mass is 385 g/mol. The van der Waals surface area contributed by atoms with Crippen LogP contribution in [0.2, 0.25) is 0 Å². The predicted octanol–water partition coefficient (Wildman–Crippen LogP) is 3.31. The number of nitrogens with zero attached hydrogens (tertiary/aromatic N) is 1. The first kappa shape index (κ1) is 19.2. The van der Waals surface area contributed by atoms with Crippen molar-refractivity contribution < 1.29 is 14.3 Å². The first-order chi connectivity index (χ1) is 13.4. The SMILES string of the molecule is Cc1cccc(NC(=O)N2CC[C@]3(CC[C@@H](C(=O)NCC4CC4)O3)[C@H](C)C2)c1. The molecule has 1 aromatic rings. The van der Waals surface area contributed by atoms with Crippen molar-refractivity contribution in [3.05, 3.63) is 29.8 Å². The van der Waals surface area contributed by atoms with Gasteiger partial charge in [-0.2, -0.15) is 0 Å². The zero-order chi connectivity index (χ0) is 19.7. The molecule has 2 aliphatic heterocycles. The topological polar surface area (TPSA) is 70.7 Å². The number of urea groups is 1. The molecule has 0 bridgehead atoms. The Kier molecular flexibility index (Phi) is 5.32. The molecule has 152 valence electrons. The predicted molar refractivity (Wildman–Crippen MR) is 108 cm³/mol. The van der Waals surface area contributed by atoms with Crippen molar-refractivity contribution in [1.82, 2.24) is 10.2 Å². The molecule has 3 aliphatic rings. The highest BCUT2D eigenvalue weighted by Crippen LogP contribution is 2.42. The highest BCUT2D eigenvalue weighted by Gasteiger charge is 2.49. The number of carbonyl (C=O) groups excluding carboxylic acids is 2. The Balaban J connectivity index is 1.30. The van der Waals surface area contributed by atoms with E-state index in [1.165, 1.54) is 12.8 Å². The van der Waals surface area contributed by atoms with Crippen molar-refractivity contribution in [1.29, 1.82) is 0 Å². The number of piperidine rings is 1. The van der Waals surface area contributed by atoms with Crippen molar-refractivity contribution in [2.75, 3.05) is 25.0 Å². The van der Waals surface area contributed by atoms with E-state index < -0.39 is 0 Å². The van der Waals surface area contributed by atoms with Gasteiger partial charge in [0, 0.05) is 31.2 Å². The molecule has 2 N–H and O–H groups in total. The molecule has 3 amide bonds. The van der Waals surface area contributed by atoms with Crippen LogP contribution in [-0.2, 0) is 9.53 Å². The van der Waals surface area contributed by atoms with Crippen LogP contribution in [0, 0.1) is 18.8 Å². The zero-order valence-electron chi connectivity index (χ0n) is 16.9. The van der Waals surface area contributed by atoms with Crippen LogP contribution in [0.15, 0.2) is 24.3 Å². The van der Waals surface area contributed by atoms with Crippen molar-refractivity contribution in [3.8, 4) is 0 Å². The highest BCUT2D eigenvalue weighted by molar-refractivity contribution is 5.89. The van der Waals surface area contributed by atoms with Gasteiger partial charge in [-0.15, -0.1) is 0 Å². The van der Waals surface area contributed by atoms with E-state index in [4.69, 9.17) is 4.74 Å².